The number of rotatable bonds is 7. The number of allylic oxidation sites excluding steroid dienone is 2. The van der Waals surface area contributed by atoms with Gasteiger partial charge < -0.3 is 5.32 Å². The van der Waals surface area contributed by atoms with Gasteiger partial charge in [0.2, 0.25) is 6.41 Å². The molecule has 0 heterocycles. The molecule has 1 amide bonds. The summed E-state index contributed by atoms with van der Waals surface area (Å²) in [6.45, 7) is 10.4. The van der Waals surface area contributed by atoms with Crippen LogP contribution in [-0.4, -0.2) is 12.6 Å². The van der Waals surface area contributed by atoms with E-state index in [1.807, 2.05) is 32.2 Å². The van der Waals surface area contributed by atoms with Crippen molar-refractivity contribution in [3.8, 4) is 0 Å². The molecular formula is C18H26N2O. The Morgan fingerprint density at radius 2 is 1.86 bits per heavy atom. The van der Waals surface area contributed by atoms with Crippen LogP contribution in [0.2, 0.25) is 0 Å². The van der Waals surface area contributed by atoms with Crippen molar-refractivity contribution in [2.24, 2.45) is 10.9 Å². The molecule has 0 saturated carbocycles. The summed E-state index contributed by atoms with van der Waals surface area (Å²) in [5, 5.41) is 2.76. The highest BCUT2D eigenvalue weighted by molar-refractivity contribution is 5.70. The zero-order valence-electron chi connectivity index (χ0n) is 13.7. The number of benzene rings is 1. The highest BCUT2D eigenvalue weighted by Gasteiger charge is 2.05. The molecule has 1 unspecified atom stereocenters. The minimum Gasteiger partial charge on any atom is -0.352 e. The summed E-state index contributed by atoms with van der Waals surface area (Å²) in [4.78, 5) is 15.0. The van der Waals surface area contributed by atoms with Gasteiger partial charge in [0.15, 0.2) is 0 Å². The Labute approximate surface area is 128 Å². The first-order valence-electron chi connectivity index (χ1n) is 7.51. The van der Waals surface area contributed by atoms with Gasteiger partial charge >= 0.3 is 0 Å². The molecule has 2 atom stereocenters. The number of nitrogens with one attached hydrogen (secondary N) is 1. The Morgan fingerprint density at radius 1 is 1.24 bits per heavy atom. The van der Waals surface area contributed by atoms with E-state index in [9.17, 15) is 4.79 Å². The average Bonchev–Trinajstić information content (AvgIpc) is 2.51. The Morgan fingerprint density at radius 3 is 2.38 bits per heavy atom. The van der Waals surface area contributed by atoms with Gasteiger partial charge in [0.05, 0.1) is 6.04 Å². The SMILES string of the molecule is CCC(C)C=N/C(C)=C(\C)c1ccc([C@H](C)NC=O)cc1. The van der Waals surface area contributed by atoms with Gasteiger partial charge in [-0.3, -0.25) is 9.79 Å². The van der Waals surface area contributed by atoms with Gasteiger partial charge in [0, 0.05) is 11.9 Å². The van der Waals surface area contributed by atoms with E-state index in [4.69, 9.17) is 0 Å². The molecule has 3 nitrogen and oxygen atoms in total. The molecule has 0 aliphatic carbocycles. The maximum absolute atomic E-state index is 10.5. The lowest BCUT2D eigenvalue weighted by atomic mass is 10.0. The van der Waals surface area contributed by atoms with Crippen LogP contribution >= 0.6 is 0 Å². The van der Waals surface area contributed by atoms with E-state index < -0.39 is 0 Å². The lowest BCUT2D eigenvalue weighted by Gasteiger charge is -2.12. The van der Waals surface area contributed by atoms with E-state index in [-0.39, 0.29) is 6.04 Å². The van der Waals surface area contributed by atoms with Gasteiger partial charge in [-0.05, 0) is 49.8 Å². The van der Waals surface area contributed by atoms with Crippen molar-refractivity contribution >= 4 is 18.2 Å². The Bertz CT molecular complexity index is 515. The summed E-state index contributed by atoms with van der Waals surface area (Å²) in [5.74, 6) is 0.505. The lowest BCUT2D eigenvalue weighted by molar-refractivity contribution is -0.110. The Kier molecular flexibility index (Phi) is 6.86. The molecule has 3 heteroatoms. The van der Waals surface area contributed by atoms with Crippen LogP contribution in [0.5, 0.6) is 0 Å². The molecule has 0 aromatic heterocycles. The molecule has 0 bridgehead atoms. The number of amides is 1. The molecule has 1 N–H and O–H groups in total. The van der Waals surface area contributed by atoms with Gasteiger partial charge in [-0.15, -0.1) is 0 Å². The maximum Gasteiger partial charge on any atom is 0.207 e. The molecule has 0 radical (unpaired) electrons. The first kappa shape index (κ1) is 17.2. The number of nitrogens with zero attached hydrogens (tertiary/aromatic N) is 1. The first-order valence-corrected chi connectivity index (χ1v) is 7.51. The standard InChI is InChI=1S/C18H26N2O/c1-6-13(2)11-19-15(4)14(3)17-7-9-18(10-8-17)16(5)20-12-21/h7-13,16H,6H2,1-5H3,(H,20,21)/b15-14+,19-11?/t13?,16-/m0/s1. The van der Waals surface area contributed by atoms with Crippen LogP contribution in [0.3, 0.4) is 0 Å². The third-order valence-corrected chi connectivity index (χ3v) is 3.87. The number of aliphatic imine (C=N–C) groups is 1. The number of carbonyl (C=O) groups excluding carboxylic acids is 1. The van der Waals surface area contributed by atoms with Crippen LogP contribution in [-0.2, 0) is 4.79 Å². The molecule has 0 fully saturated rings. The third-order valence-electron chi connectivity index (χ3n) is 3.87. The summed E-state index contributed by atoms with van der Waals surface area (Å²) >= 11 is 0. The largest absolute Gasteiger partial charge is 0.352 e. The summed E-state index contributed by atoms with van der Waals surface area (Å²) in [6.07, 6.45) is 3.85. The van der Waals surface area contributed by atoms with E-state index in [2.05, 4.69) is 43.2 Å². The van der Waals surface area contributed by atoms with Crippen LogP contribution in [0.1, 0.15) is 58.2 Å². The van der Waals surface area contributed by atoms with Gasteiger partial charge in [-0.2, -0.15) is 0 Å². The molecule has 1 aromatic rings. The predicted octanol–water partition coefficient (Wildman–Crippen LogP) is 4.36. The van der Waals surface area contributed by atoms with Crippen LogP contribution in [0.4, 0.5) is 0 Å². The molecular weight excluding hydrogens is 260 g/mol. The van der Waals surface area contributed by atoms with Crippen molar-refractivity contribution in [2.75, 3.05) is 0 Å². The average molecular weight is 286 g/mol. The van der Waals surface area contributed by atoms with Crippen molar-refractivity contribution in [1.29, 1.82) is 0 Å². The zero-order chi connectivity index (χ0) is 15.8. The highest BCUT2D eigenvalue weighted by Crippen LogP contribution is 2.21. The summed E-state index contributed by atoms with van der Waals surface area (Å²) < 4.78 is 0. The third kappa shape index (κ3) is 5.18. The van der Waals surface area contributed by atoms with E-state index in [0.29, 0.717) is 5.92 Å². The van der Waals surface area contributed by atoms with Crippen molar-refractivity contribution in [1.82, 2.24) is 5.32 Å². The highest BCUT2D eigenvalue weighted by atomic mass is 16.1. The molecule has 0 aliphatic rings. The predicted molar refractivity (Wildman–Crippen MR) is 90.3 cm³/mol. The second kappa shape index (κ2) is 8.40. The van der Waals surface area contributed by atoms with Gasteiger partial charge in [-0.1, -0.05) is 38.1 Å². The van der Waals surface area contributed by atoms with E-state index in [1.165, 1.54) is 5.57 Å². The van der Waals surface area contributed by atoms with Crippen LogP contribution in [0.15, 0.2) is 35.0 Å². The monoisotopic (exact) mass is 286 g/mol. The van der Waals surface area contributed by atoms with Crippen LogP contribution in [0, 0.1) is 5.92 Å². The van der Waals surface area contributed by atoms with E-state index >= 15 is 0 Å². The molecule has 0 aliphatic heterocycles. The summed E-state index contributed by atoms with van der Waals surface area (Å²) in [7, 11) is 0. The zero-order valence-corrected chi connectivity index (χ0v) is 13.7. The van der Waals surface area contributed by atoms with E-state index in [0.717, 1.165) is 29.7 Å². The minimum atomic E-state index is 0.0327. The first-order chi connectivity index (χ1) is 9.99. The van der Waals surface area contributed by atoms with Crippen LogP contribution in [0.25, 0.3) is 5.57 Å². The van der Waals surface area contributed by atoms with Gasteiger partial charge in [0.25, 0.3) is 0 Å². The van der Waals surface area contributed by atoms with Crippen molar-refractivity contribution in [3.63, 3.8) is 0 Å². The molecule has 1 aromatic carbocycles. The smallest absolute Gasteiger partial charge is 0.207 e. The fraction of sp³-hybridized carbons (Fsp3) is 0.444. The molecule has 21 heavy (non-hydrogen) atoms. The maximum atomic E-state index is 10.5. The normalized spacial score (nSPS) is 15.5. The molecule has 1 rings (SSSR count). The van der Waals surface area contributed by atoms with Crippen LogP contribution < -0.4 is 5.32 Å². The number of hydrogen-bond acceptors (Lipinski definition) is 2. The Hall–Kier alpha value is -1.90. The molecule has 114 valence electrons. The molecule has 0 spiro atoms. The minimum absolute atomic E-state index is 0.0327. The fourth-order valence-corrected chi connectivity index (χ4v) is 1.87. The second-order valence-corrected chi connectivity index (χ2v) is 5.50. The summed E-state index contributed by atoms with van der Waals surface area (Å²) in [6, 6.07) is 8.29. The van der Waals surface area contributed by atoms with Gasteiger partial charge in [0.1, 0.15) is 0 Å². The van der Waals surface area contributed by atoms with Crippen molar-refractivity contribution < 1.29 is 4.79 Å². The van der Waals surface area contributed by atoms with Gasteiger partial charge in [-0.25, -0.2) is 0 Å². The summed E-state index contributed by atoms with van der Waals surface area (Å²) in [5.41, 5.74) is 4.48. The topological polar surface area (TPSA) is 41.5 Å². The van der Waals surface area contributed by atoms with Crippen molar-refractivity contribution in [2.45, 2.75) is 47.1 Å². The Balaban J connectivity index is 2.89. The number of hydrogen-bond donors (Lipinski definition) is 1. The number of carbonyl (C=O) groups is 1. The van der Waals surface area contributed by atoms with E-state index in [1.54, 1.807) is 0 Å². The second-order valence-electron chi connectivity index (χ2n) is 5.50. The van der Waals surface area contributed by atoms with Crippen molar-refractivity contribution in [3.05, 3.63) is 41.1 Å². The fourth-order valence-electron chi connectivity index (χ4n) is 1.87. The molecule has 0 saturated heterocycles. The quantitative estimate of drug-likeness (QED) is 0.587. The lowest BCUT2D eigenvalue weighted by Crippen LogP contribution is -2.15.